The van der Waals surface area contributed by atoms with E-state index in [1.807, 2.05) is 31.2 Å². The summed E-state index contributed by atoms with van der Waals surface area (Å²) in [7, 11) is 0. The van der Waals surface area contributed by atoms with Crippen LogP contribution in [0.3, 0.4) is 0 Å². The molecule has 0 fully saturated rings. The number of rotatable bonds is 3. The summed E-state index contributed by atoms with van der Waals surface area (Å²) in [6.07, 6.45) is -4.19. The Morgan fingerprint density at radius 1 is 1.24 bits per heavy atom. The van der Waals surface area contributed by atoms with Gasteiger partial charge in [0.1, 0.15) is 0 Å². The van der Waals surface area contributed by atoms with Crippen LogP contribution in [0.25, 0.3) is 0 Å². The molecule has 1 aromatic rings. The lowest BCUT2D eigenvalue weighted by molar-refractivity contribution is -0.145. The number of carbonyl (C=O) groups is 1. The third-order valence-corrected chi connectivity index (χ3v) is 2.08. The Kier molecular flexibility index (Phi) is 4.37. The molecule has 1 aromatic carbocycles. The molecule has 2 amide bonds. The molecule has 0 radical (unpaired) electrons. The van der Waals surface area contributed by atoms with Crippen LogP contribution in [0.2, 0.25) is 0 Å². The maximum Gasteiger partial charge on any atom is 0.485 e. The van der Waals surface area contributed by atoms with Crippen molar-refractivity contribution in [2.75, 3.05) is 6.54 Å². The molecular formula is C11H13F3N2O. The first-order chi connectivity index (χ1) is 7.87. The van der Waals surface area contributed by atoms with E-state index in [4.69, 9.17) is 0 Å². The van der Waals surface area contributed by atoms with Crippen molar-refractivity contribution in [3.8, 4) is 0 Å². The number of hydrogen-bond acceptors (Lipinski definition) is 1. The largest absolute Gasteiger partial charge is 0.485 e. The fraction of sp³-hybridized carbons (Fsp3) is 0.364. The van der Waals surface area contributed by atoms with E-state index in [2.05, 4.69) is 5.32 Å². The molecule has 0 unspecified atom stereocenters. The lowest BCUT2D eigenvalue weighted by atomic mass is 10.1. The zero-order valence-corrected chi connectivity index (χ0v) is 9.27. The van der Waals surface area contributed by atoms with Crippen LogP contribution < -0.4 is 10.6 Å². The second kappa shape index (κ2) is 5.56. The van der Waals surface area contributed by atoms with Gasteiger partial charge in [-0.15, -0.1) is 0 Å². The van der Waals surface area contributed by atoms with Gasteiger partial charge in [-0.1, -0.05) is 29.8 Å². The van der Waals surface area contributed by atoms with E-state index in [0.29, 0.717) is 6.42 Å². The second-order valence-corrected chi connectivity index (χ2v) is 3.61. The van der Waals surface area contributed by atoms with E-state index in [-0.39, 0.29) is 6.54 Å². The van der Waals surface area contributed by atoms with Crippen molar-refractivity contribution in [1.82, 2.24) is 10.6 Å². The molecule has 0 aliphatic heterocycles. The molecule has 3 nitrogen and oxygen atoms in total. The highest BCUT2D eigenvalue weighted by Gasteiger charge is 2.29. The monoisotopic (exact) mass is 246 g/mol. The van der Waals surface area contributed by atoms with Gasteiger partial charge < -0.3 is 5.32 Å². The summed E-state index contributed by atoms with van der Waals surface area (Å²) >= 11 is 0. The Hall–Kier alpha value is -1.72. The molecule has 0 aliphatic carbocycles. The Morgan fingerprint density at radius 2 is 1.82 bits per heavy atom. The molecule has 0 heterocycles. The van der Waals surface area contributed by atoms with Crippen molar-refractivity contribution >= 4 is 6.03 Å². The zero-order chi connectivity index (χ0) is 12.9. The Labute approximate surface area is 97.0 Å². The molecule has 17 heavy (non-hydrogen) atoms. The molecule has 0 aromatic heterocycles. The first-order valence-electron chi connectivity index (χ1n) is 5.05. The number of carbonyl (C=O) groups excluding carboxylic acids is 1. The third-order valence-electron chi connectivity index (χ3n) is 2.08. The zero-order valence-electron chi connectivity index (χ0n) is 9.27. The molecular weight excluding hydrogens is 233 g/mol. The van der Waals surface area contributed by atoms with Crippen LogP contribution in [0.5, 0.6) is 0 Å². The van der Waals surface area contributed by atoms with E-state index in [1.54, 1.807) is 0 Å². The van der Waals surface area contributed by atoms with Gasteiger partial charge in [0.2, 0.25) is 0 Å². The Morgan fingerprint density at radius 3 is 2.35 bits per heavy atom. The fourth-order valence-corrected chi connectivity index (χ4v) is 1.25. The lowest BCUT2D eigenvalue weighted by Gasteiger charge is -2.09. The van der Waals surface area contributed by atoms with Gasteiger partial charge in [-0.2, -0.15) is 13.2 Å². The van der Waals surface area contributed by atoms with Crippen molar-refractivity contribution in [3.05, 3.63) is 35.4 Å². The van der Waals surface area contributed by atoms with Gasteiger partial charge in [0.15, 0.2) is 0 Å². The van der Waals surface area contributed by atoms with Gasteiger partial charge >= 0.3 is 12.3 Å². The standard InChI is InChI=1S/C11H13F3N2O/c1-8-2-4-9(5-3-8)6-7-15-10(17)16-11(12,13)14/h2-5H,6-7H2,1H3,(H2,15,16,17). The van der Waals surface area contributed by atoms with Crippen LogP contribution in [-0.4, -0.2) is 18.9 Å². The van der Waals surface area contributed by atoms with Gasteiger partial charge in [0, 0.05) is 6.54 Å². The number of benzene rings is 1. The molecule has 2 N–H and O–H groups in total. The van der Waals surface area contributed by atoms with Crippen molar-refractivity contribution in [2.45, 2.75) is 19.6 Å². The summed E-state index contributed by atoms with van der Waals surface area (Å²) in [4.78, 5) is 10.8. The van der Waals surface area contributed by atoms with E-state index in [0.717, 1.165) is 16.4 Å². The SMILES string of the molecule is Cc1ccc(CCNC(=O)NC(F)(F)F)cc1. The van der Waals surface area contributed by atoms with Gasteiger partial charge in [-0.3, -0.25) is 0 Å². The number of nitrogens with one attached hydrogen (secondary N) is 2. The first-order valence-corrected chi connectivity index (χ1v) is 5.05. The summed E-state index contributed by atoms with van der Waals surface area (Å²) < 4.78 is 35.2. The summed E-state index contributed by atoms with van der Waals surface area (Å²) in [5, 5.41) is 3.00. The van der Waals surface area contributed by atoms with E-state index >= 15 is 0 Å². The van der Waals surface area contributed by atoms with Crippen LogP contribution in [0.4, 0.5) is 18.0 Å². The minimum Gasteiger partial charge on any atom is -0.338 e. The summed E-state index contributed by atoms with van der Waals surface area (Å²) in [5.41, 5.74) is 2.07. The van der Waals surface area contributed by atoms with Crippen LogP contribution in [0.15, 0.2) is 24.3 Å². The number of amides is 2. The number of hydrogen-bond donors (Lipinski definition) is 2. The molecule has 0 spiro atoms. The number of urea groups is 1. The number of halogens is 3. The molecule has 0 atom stereocenters. The molecule has 0 bridgehead atoms. The van der Waals surface area contributed by atoms with Gasteiger partial charge in [0.25, 0.3) is 0 Å². The highest BCUT2D eigenvalue weighted by atomic mass is 19.4. The van der Waals surface area contributed by atoms with Crippen molar-refractivity contribution in [3.63, 3.8) is 0 Å². The van der Waals surface area contributed by atoms with E-state index in [9.17, 15) is 18.0 Å². The molecule has 1 rings (SSSR count). The third kappa shape index (κ3) is 5.79. The lowest BCUT2D eigenvalue weighted by Crippen LogP contribution is -2.44. The number of alkyl halides is 3. The van der Waals surface area contributed by atoms with Gasteiger partial charge in [-0.25, -0.2) is 10.1 Å². The van der Waals surface area contributed by atoms with Crippen LogP contribution in [0, 0.1) is 6.92 Å². The molecule has 0 saturated carbocycles. The number of aryl methyl sites for hydroxylation is 1. The summed E-state index contributed by atoms with van der Waals surface area (Å²) in [5.74, 6) is 0. The summed E-state index contributed by atoms with van der Waals surface area (Å²) in [6.45, 7) is 2.10. The predicted molar refractivity (Wildman–Crippen MR) is 57.5 cm³/mol. The van der Waals surface area contributed by atoms with Gasteiger partial charge in [0.05, 0.1) is 0 Å². The van der Waals surface area contributed by atoms with Crippen LogP contribution in [-0.2, 0) is 6.42 Å². The maximum absolute atomic E-state index is 11.7. The fourth-order valence-electron chi connectivity index (χ4n) is 1.25. The molecule has 94 valence electrons. The average molecular weight is 246 g/mol. The van der Waals surface area contributed by atoms with Crippen molar-refractivity contribution in [2.24, 2.45) is 0 Å². The smallest absolute Gasteiger partial charge is 0.338 e. The normalized spacial score (nSPS) is 11.1. The molecule has 0 aliphatic rings. The Bertz CT molecular complexity index is 373. The van der Waals surface area contributed by atoms with E-state index in [1.165, 1.54) is 0 Å². The predicted octanol–water partition coefficient (Wildman–Crippen LogP) is 2.36. The average Bonchev–Trinajstić information content (AvgIpc) is 2.18. The van der Waals surface area contributed by atoms with Crippen LogP contribution >= 0.6 is 0 Å². The van der Waals surface area contributed by atoms with Crippen molar-refractivity contribution in [1.29, 1.82) is 0 Å². The molecule has 6 heteroatoms. The topological polar surface area (TPSA) is 41.1 Å². The maximum atomic E-state index is 11.7. The highest BCUT2D eigenvalue weighted by molar-refractivity contribution is 5.74. The van der Waals surface area contributed by atoms with Crippen molar-refractivity contribution < 1.29 is 18.0 Å². The first kappa shape index (κ1) is 13.3. The van der Waals surface area contributed by atoms with E-state index < -0.39 is 12.3 Å². The minimum atomic E-state index is -4.69. The Balaban J connectivity index is 2.28. The summed E-state index contributed by atoms with van der Waals surface area (Å²) in [6, 6.07) is 6.33. The quantitative estimate of drug-likeness (QED) is 0.790. The van der Waals surface area contributed by atoms with Gasteiger partial charge in [-0.05, 0) is 18.9 Å². The van der Waals surface area contributed by atoms with Crippen LogP contribution in [0.1, 0.15) is 11.1 Å². The second-order valence-electron chi connectivity index (χ2n) is 3.61. The highest BCUT2D eigenvalue weighted by Crippen LogP contribution is 2.08. The minimum absolute atomic E-state index is 0.158. The molecule has 0 saturated heterocycles.